The second-order valence-corrected chi connectivity index (χ2v) is 9.67. The summed E-state index contributed by atoms with van der Waals surface area (Å²) in [6, 6.07) is 36.7. The van der Waals surface area contributed by atoms with Gasteiger partial charge in [0.1, 0.15) is 11.4 Å². The molecule has 0 radical (unpaired) electrons. The minimum absolute atomic E-state index is 0. The fourth-order valence-electron chi connectivity index (χ4n) is 5.08. The number of methoxy groups -OCH3 is 1. The van der Waals surface area contributed by atoms with Gasteiger partial charge in [0.25, 0.3) is 5.91 Å². The highest BCUT2D eigenvalue weighted by atomic mass is 35.5. The fraction of sp³-hybridized carbons (Fsp3) is 0.182. The van der Waals surface area contributed by atoms with Crippen LogP contribution in [0, 0.1) is 0 Å². The zero-order valence-electron chi connectivity index (χ0n) is 22.5. The number of anilines is 1. The van der Waals surface area contributed by atoms with Crippen molar-refractivity contribution < 1.29 is 9.53 Å². The second-order valence-electron chi connectivity index (χ2n) is 9.67. The molecule has 0 spiro atoms. The zero-order valence-corrected chi connectivity index (χ0v) is 23.3. The van der Waals surface area contributed by atoms with E-state index in [-0.39, 0.29) is 24.2 Å². The molecule has 1 amide bonds. The van der Waals surface area contributed by atoms with Crippen LogP contribution in [-0.2, 0) is 6.54 Å². The number of carbonyl (C=O) groups excluding carboxylic acids is 1. The summed E-state index contributed by atoms with van der Waals surface area (Å²) in [6.45, 7) is 1.50. The molecule has 0 saturated carbocycles. The first-order chi connectivity index (χ1) is 18.6. The molecular weight excluding hydrogens is 506 g/mol. The molecule has 0 aliphatic heterocycles. The smallest absolute Gasteiger partial charge is 0.272 e. The van der Waals surface area contributed by atoms with Gasteiger partial charge in [0.2, 0.25) is 0 Å². The molecule has 1 aromatic heterocycles. The van der Waals surface area contributed by atoms with Crippen molar-refractivity contribution in [1.29, 1.82) is 0 Å². The summed E-state index contributed by atoms with van der Waals surface area (Å²) < 4.78 is 7.48. The summed E-state index contributed by atoms with van der Waals surface area (Å²) in [5, 5.41) is 4.25. The normalized spacial score (nSPS) is 11.0. The van der Waals surface area contributed by atoms with Gasteiger partial charge >= 0.3 is 0 Å². The molecule has 0 saturated heterocycles. The van der Waals surface area contributed by atoms with Gasteiger partial charge < -0.3 is 19.5 Å². The first kappa shape index (κ1) is 28.0. The molecule has 39 heavy (non-hydrogen) atoms. The van der Waals surface area contributed by atoms with Gasteiger partial charge in [0, 0.05) is 41.2 Å². The quantitative estimate of drug-likeness (QED) is 0.218. The Kier molecular flexibility index (Phi) is 9.07. The van der Waals surface area contributed by atoms with E-state index >= 15 is 0 Å². The molecule has 4 aromatic carbocycles. The molecular formula is C33H34ClN3O2. The molecule has 0 fully saturated rings. The number of nitrogens with one attached hydrogen (secondary N) is 1. The van der Waals surface area contributed by atoms with E-state index in [1.54, 1.807) is 7.11 Å². The van der Waals surface area contributed by atoms with Gasteiger partial charge in [-0.15, -0.1) is 12.4 Å². The predicted molar refractivity (Wildman–Crippen MR) is 163 cm³/mol. The van der Waals surface area contributed by atoms with Crippen LogP contribution in [0.25, 0.3) is 10.9 Å². The van der Waals surface area contributed by atoms with E-state index in [0.717, 1.165) is 45.6 Å². The van der Waals surface area contributed by atoms with Gasteiger partial charge in [-0.2, -0.15) is 0 Å². The van der Waals surface area contributed by atoms with Crippen molar-refractivity contribution in [3.8, 4) is 5.75 Å². The lowest BCUT2D eigenvalue weighted by Crippen LogP contribution is -2.24. The Hall–Kier alpha value is -4.06. The molecule has 5 aromatic rings. The number of aromatic nitrogens is 1. The Balaban J connectivity index is 0.00000353. The second kappa shape index (κ2) is 12.7. The fourth-order valence-corrected chi connectivity index (χ4v) is 5.08. The number of hydrogen-bond acceptors (Lipinski definition) is 3. The third-order valence-corrected chi connectivity index (χ3v) is 6.90. The maximum Gasteiger partial charge on any atom is 0.272 e. The molecule has 5 rings (SSSR count). The SMILES string of the molecule is COc1ccc(NC(=O)c2c(C(c3ccccc3)c3ccccc3)c3ccccc3n2CCN(C)C)cc1.Cl. The largest absolute Gasteiger partial charge is 0.497 e. The molecule has 5 nitrogen and oxygen atoms in total. The lowest BCUT2D eigenvalue weighted by Gasteiger charge is -2.21. The number of benzene rings is 4. The molecule has 0 atom stereocenters. The van der Waals surface area contributed by atoms with Gasteiger partial charge in [0.15, 0.2) is 0 Å². The van der Waals surface area contributed by atoms with Crippen LogP contribution in [0.4, 0.5) is 5.69 Å². The number of rotatable bonds is 9. The van der Waals surface area contributed by atoms with E-state index < -0.39 is 0 Å². The topological polar surface area (TPSA) is 46.5 Å². The number of halogens is 1. The van der Waals surface area contributed by atoms with E-state index in [1.165, 1.54) is 0 Å². The summed E-state index contributed by atoms with van der Waals surface area (Å²) >= 11 is 0. The van der Waals surface area contributed by atoms with Crippen molar-refractivity contribution in [2.24, 2.45) is 0 Å². The van der Waals surface area contributed by atoms with Crippen molar-refractivity contribution in [2.75, 3.05) is 33.1 Å². The molecule has 0 aliphatic rings. The van der Waals surface area contributed by atoms with Crippen LogP contribution in [0.15, 0.2) is 109 Å². The average Bonchev–Trinajstić information content (AvgIpc) is 3.28. The van der Waals surface area contributed by atoms with Crippen molar-refractivity contribution in [1.82, 2.24) is 9.47 Å². The highest BCUT2D eigenvalue weighted by Crippen LogP contribution is 2.40. The van der Waals surface area contributed by atoms with Crippen molar-refractivity contribution in [2.45, 2.75) is 12.5 Å². The number of para-hydroxylation sites is 1. The number of nitrogens with zero attached hydrogens (tertiary/aromatic N) is 2. The summed E-state index contributed by atoms with van der Waals surface area (Å²) in [5.74, 6) is 0.508. The highest BCUT2D eigenvalue weighted by Gasteiger charge is 2.30. The predicted octanol–water partition coefficient (Wildman–Crippen LogP) is 7.07. The Bertz CT molecular complexity index is 1470. The zero-order chi connectivity index (χ0) is 26.5. The average molecular weight is 540 g/mol. The molecule has 1 N–H and O–H groups in total. The maximum atomic E-state index is 14.2. The van der Waals surface area contributed by atoms with Crippen LogP contribution in [-0.4, -0.2) is 43.1 Å². The molecule has 0 aliphatic carbocycles. The number of fused-ring (bicyclic) bond motifs is 1. The minimum Gasteiger partial charge on any atom is -0.497 e. The Labute approximate surface area is 236 Å². The number of amides is 1. The van der Waals surface area contributed by atoms with Gasteiger partial charge in [-0.3, -0.25) is 4.79 Å². The van der Waals surface area contributed by atoms with Gasteiger partial charge in [-0.1, -0.05) is 78.9 Å². The molecule has 0 bridgehead atoms. The summed E-state index contributed by atoms with van der Waals surface area (Å²) in [7, 11) is 5.75. The van der Waals surface area contributed by atoms with Crippen LogP contribution in [0.2, 0.25) is 0 Å². The maximum absolute atomic E-state index is 14.2. The number of likely N-dealkylation sites (N-methyl/N-ethyl adjacent to an activating group) is 1. The molecule has 200 valence electrons. The van der Waals surface area contributed by atoms with Crippen molar-refractivity contribution >= 4 is 34.9 Å². The first-order valence-electron chi connectivity index (χ1n) is 12.9. The van der Waals surface area contributed by atoms with Crippen LogP contribution in [0.5, 0.6) is 5.75 Å². The third-order valence-electron chi connectivity index (χ3n) is 6.90. The number of ether oxygens (including phenoxy) is 1. The monoisotopic (exact) mass is 539 g/mol. The van der Waals surface area contributed by atoms with Gasteiger partial charge in [-0.05, 0) is 55.6 Å². The van der Waals surface area contributed by atoms with Crippen molar-refractivity contribution in [3.63, 3.8) is 0 Å². The Morgan fingerprint density at radius 1 is 0.821 bits per heavy atom. The molecule has 1 heterocycles. The van der Waals surface area contributed by atoms with E-state index in [2.05, 4.69) is 95.6 Å². The van der Waals surface area contributed by atoms with Crippen LogP contribution >= 0.6 is 12.4 Å². The number of hydrogen-bond donors (Lipinski definition) is 1. The van der Waals surface area contributed by atoms with E-state index in [9.17, 15) is 4.79 Å². The van der Waals surface area contributed by atoms with Crippen LogP contribution < -0.4 is 10.1 Å². The summed E-state index contributed by atoms with van der Waals surface area (Å²) in [4.78, 5) is 16.4. The lowest BCUT2D eigenvalue weighted by atomic mass is 9.83. The van der Waals surface area contributed by atoms with E-state index in [1.807, 2.05) is 42.5 Å². The lowest BCUT2D eigenvalue weighted by molar-refractivity contribution is 0.101. The third kappa shape index (κ3) is 6.00. The molecule has 0 unspecified atom stereocenters. The van der Waals surface area contributed by atoms with Crippen molar-refractivity contribution in [3.05, 3.63) is 132 Å². The van der Waals surface area contributed by atoms with E-state index in [0.29, 0.717) is 12.2 Å². The minimum atomic E-state index is -0.128. The standard InChI is InChI=1S/C33H33N3O2.ClH/c1-35(2)22-23-36-29-17-11-10-16-28(29)31(32(36)33(37)34-26-18-20-27(38-3)21-19-26)30(24-12-6-4-7-13-24)25-14-8-5-9-15-25;/h4-21,30H,22-23H2,1-3H3,(H,34,37);1H. The Morgan fingerprint density at radius 3 is 1.95 bits per heavy atom. The summed E-state index contributed by atoms with van der Waals surface area (Å²) in [6.07, 6.45) is 0. The van der Waals surface area contributed by atoms with Crippen LogP contribution in [0.3, 0.4) is 0 Å². The van der Waals surface area contributed by atoms with Gasteiger partial charge in [0.05, 0.1) is 7.11 Å². The van der Waals surface area contributed by atoms with Gasteiger partial charge in [-0.25, -0.2) is 0 Å². The van der Waals surface area contributed by atoms with Crippen LogP contribution in [0.1, 0.15) is 33.1 Å². The molecule has 6 heteroatoms. The van der Waals surface area contributed by atoms with E-state index in [4.69, 9.17) is 4.74 Å². The highest BCUT2D eigenvalue weighted by molar-refractivity contribution is 6.09. The summed E-state index contributed by atoms with van der Waals surface area (Å²) in [5.41, 5.74) is 5.77. The Morgan fingerprint density at radius 2 is 1.38 bits per heavy atom. The number of carbonyl (C=O) groups is 1. The first-order valence-corrected chi connectivity index (χ1v) is 12.9.